The molecule has 1 heterocycles. The van der Waals surface area contributed by atoms with Crippen LogP contribution in [-0.2, 0) is 0 Å². The van der Waals surface area contributed by atoms with Crippen molar-refractivity contribution in [2.24, 2.45) is 0 Å². The summed E-state index contributed by atoms with van der Waals surface area (Å²) in [7, 11) is 0. The minimum atomic E-state index is -2.62. The van der Waals surface area contributed by atoms with Crippen molar-refractivity contribution in [3.63, 3.8) is 0 Å². The number of nitro groups is 1. The Morgan fingerprint density at radius 2 is 1.50 bits per heavy atom. The molecule has 0 bridgehead atoms. The molecule has 124 valence electrons. The van der Waals surface area contributed by atoms with Gasteiger partial charge in [-0.3, -0.25) is 0 Å². The first-order valence-corrected chi connectivity index (χ1v) is 16.2. The summed E-state index contributed by atoms with van der Waals surface area (Å²) >= 11 is -2.62. The van der Waals surface area contributed by atoms with Crippen LogP contribution in [0.1, 0.15) is 59.3 Å². The first-order chi connectivity index (χ1) is 10.6. The van der Waals surface area contributed by atoms with Gasteiger partial charge in [0.15, 0.2) is 0 Å². The number of unbranched alkanes of at least 4 members (excludes halogenated alkanes) is 3. The van der Waals surface area contributed by atoms with E-state index >= 15 is 0 Å². The Bertz CT molecular complexity index is 444. The van der Waals surface area contributed by atoms with Crippen LogP contribution in [0.3, 0.4) is 0 Å². The molecule has 0 spiro atoms. The second-order valence-electron chi connectivity index (χ2n) is 6.23. The molecule has 22 heavy (non-hydrogen) atoms. The Balaban J connectivity index is 3.18. The van der Waals surface area contributed by atoms with E-state index in [1.807, 2.05) is 6.07 Å². The molecular weight excluding hydrogens is 383 g/mol. The molecule has 0 aliphatic carbocycles. The van der Waals surface area contributed by atoms with Gasteiger partial charge in [0.1, 0.15) is 0 Å². The molecule has 0 aliphatic heterocycles. The maximum absolute atomic E-state index is 11.1. The zero-order valence-electron chi connectivity index (χ0n) is 14.3. The number of hydrogen-bond donors (Lipinski definition) is 0. The quantitative estimate of drug-likeness (QED) is 0.290. The van der Waals surface area contributed by atoms with E-state index in [1.54, 1.807) is 0 Å². The fourth-order valence-electron chi connectivity index (χ4n) is 3.13. The van der Waals surface area contributed by atoms with Crippen LogP contribution in [0.2, 0.25) is 13.3 Å². The van der Waals surface area contributed by atoms with Crippen LogP contribution in [0.5, 0.6) is 0 Å². The van der Waals surface area contributed by atoms with Crippen LogP contribution in [-0.4, -0.2) is 28.3 Å². The van der Waals surface area contributed by atoms with Crippen molar-refractivity contribution < 1.29 is 4.92 Å². The van der Waals surface area contributed by atoms with E-state index in [9.17, 15) is 10.1 Å². The molecule has 1 rings (SSSR count). The van der Waals surface area contributed by atoms with E-state index in [4.69, 9.17) is 0 Å². The monoisotopic (exact) mass is 414 g/mol. The van der Waals surface area contributed by atoms with Crippen LogP contribution in [0, 0.1) is 10.1 Å². The summed E-state index contributed by atoms with van der Waals surface area (Å²) in [5, 5.41) is 11.1. The van der Waals surface area contributed by atoms with Gasteiger partial charge in [0.25, 0.3) is 0 Å². The second-order valence-corrected chi connectivity index (χ2v) is 19.3. The minimum absolute atomic E-state index is 0.0306. The zero-order valence-corrected chi connectivity index (χ0v) is 17.2. The Kier molecular flexibility index (Phi) is 8.98. The summed E-state index contributed by atoms with van der Waals surface area (Å²) < 4.78 is 5.01. The summed E-state index contributed by atoms with van der Waals surface area (Å²) in [5.74, 6) is 0.0306. The van der Waals surface area contributed by atoms with Crippen molar-refractivity contribution in [3.8, 4) is 0 Å². The molecule has 5 heteroatoms. The average Bonchev–Trinajstić information content (AvgIpc) is 2.54. The first-order valence-electron chi connectivity index (χ1n) is 8.71. The van der Waals surface area contributed by atoms with Gasteiger partial charge in [0.05, 0.1) is 0 Å². The van der Waals surface area contributed by atoms with Gasteiger partial charge >= 0.3 is 139 Å². The van der Waals surface area contributed by atoms with Gasteiger partial charge in [-0.25, -0.2) is 0 Å². The molecule has 0 amide bonds. The van der Waals surface area contributed by atoms with Gasteiger partial charge in [-0.2, -0.15) is 0 Å². The number of nitrogens with zero attached hydrogens (tertiary/aromatic N) is 2. The van der Waals surface area contributed by atoms with E-state index in [1.165, 1.54) is 57.9 Å². The molecule has 0 aliphatic rings. The Morgan fingerprint density at radius 1 is 1.00 bits per heavy atom. The Morgan fingerprint density at radius 3 is 1.91 bits per heavy atom. The van der Waals surface area contributed by atoms with Gasteiger partial charge in [-0.15, -0.1) is 0 Å². The Labute approximate surface area is 138 Å². The SMILES string of the molecule is CCC[CH2][Sn]([CH2]CCC)([CH2]CCC)[c]1cccc([N+](=O)[O-])n1. The third kappa shape index (κ3) is 5.52. The summed E-state index contributed by atoms with van der Waals surface area (Å²) in [6.45, 7) is 6.70. The van der Waals surface area contributed by atoms with E-state index in [-0.39, 0.29) is 10.7 Å². The molecule has 0 aromatic carbocycles. The molecule has 1 aromatic rings. The van der Waals surface area contributed by atoms with Gasteiger partial charge in [0.2, 0.25) is 0 Å². The van der Waals surface area contributed by atoms with E-state index in [0.29, 0.717) is 0 Å². The molecule has 0 saturated carbocycles. The van der Waals surface area contributed by atoms with Crippen molar-refractivity contribution in [1.82, 2.24) is 4.98 Å². The van der Waals surface area contributed by atoms with Gasteiger partial charge in [-0.05, 0) is 0 Å². The maximum atomic E-state index is 11.1. The fraction of sp³-hybridized carbons (Fsp3) is 0.706. The summed E-state index contributed by atoms with van der Waals surface area (Å²) in [6, 6.07) is 5.46. The molecule has 1 aromatic heterocycles. The van der Waals surface area contributed by atoms with Gasteiger partial charge < -0.3 is 0 Å². The molecule has 4 nitrogen and oxygen atoms in total. The zero-order chi connectivity index (χ0) is 16.4. The number of aromatic nitrogens is 1. The average molecular weight is 413 g/mol. The fourth-order valence-corrected chi connectivity index (χ4v) is 18.6. The van der Waals surface area contributed by atoms with Crippen LogP contribution in [0.15, 0.2) is 18.2 Å². The van der Waals surface area contributed by atoms with Crippen LogP contribution in [0.25, 0.3) is 0 Å². The standard InChI is InChI=1S/C5H3N2O2.3C4H9.Sn/c8-7(9)5-3-1-2-4-6-5;3*1-3-4-2;/h1-3H;3*1,3-4H2,2H3;. The van der Waals surface area contributed by atoms with Crippen LogP contribution >= 0.6 is 0 Å². The van der Waals surface area contributed by atoms with Crippen molar-refractivity contribution in [2.75, 3.05) is 0 Å². The van der Waals surface area contributed by atoms with Crippen molar-refractivity contribution in [1.29, 1.82) is 0 Å². The van der Waals surface area contributed by atoms with Gasteiger partial charge in [0, 0.05) is 0 Å². The topological polar surface area (TPSA) is 56.0 Å². The van der Waals surface area contributed by atoms with Crippen LogP contribution < -0.4 is 3.71 Å². The van der Waals surface area contributed by atoms with Crippen LogP contribution in [0.4, 0.5) is 5.82 Å². The predicted molar refractivity (Wildman–Crippen MR) is 95.4 cm³/mol. The molecule has 0 N–H and O–H groups in total. The van der Waals surface area contributed by atoms with E-state index in [2.05, 4.69) is 31.8 Å². The van der Waals surface area contributed by atoms with E-state index in [0.717, 1.165) is 3.71 Å². The molecule has 0 atom stereocenters. The van der Waals surface area contributed by atoms with E-state index < -0.39 is 18.4 Å². The third-order valence-corrected chi connectivity index (χ3v) is 19.6. The van der Waals surface area contributed by atoms with Crippen molar-refractivity contribution >= 4 is 27.9 Å². The molecular formula is C17H30N2O2Sn. The predicted octanol–water partition coefficient (Wildman–Crippen LogP) is 5.05. The number of hydrogen-bond acceptors (Lipinski definition) is 3. The molecule has 0 saturated heterocycles. The third-order valence-electron chi connectivity index (χ3n) is 4.49. The summed E-state index contributed by atoms with van der Waals surface area (Å²) in [4.78, 5) is 15.2. The number of rotatable bonds is 11. The second kappa shape index (κ2) is 10.2. The van der Waals surface area contributed by atoms with Gasteiger partial charge in [-0.1, -0.05) is 0 Å². The molecule has 0 radical (unpaired) electrons. The van der Waals surface area contributed by atoms with Crippen molar-refractivity contribution in [2.45, 2.75) is 72.6 Å². The molecule has 0 unspecified atom stereocenters. The van der Waals surface area contributed by atoms with Crippen molar-refractivity contribution in [3.05, 3.63) is 28.3 Å². The normalized spacial score (nSPS) is 11.6. The molecule has 0 fully saturated rings. The first kappa shape index (κ1) is 19.4. The summed E-state index contributed by atoms with van der Waals surface area (Å²) in [6.07, 6.45) is 7.33. The Hall–Kier alpha value is -0.651. The number of pyridine rings is 1. The summed E-state index contributed by atoms with van der Waals surface area (Å²) in [5.41, 5.74) is 0.